The van der Waals surface area contributed by atoms with E-state index in [2.05, 4.69) is 103 Å². The summed E-state index contributed by atoms with van der Waals surface area (Å²) in [6.07, 6.45) is 48.4. The molecule has 9 atom stereocenters. The zero-order valence-electron chi connectivity index (χ0n) is 33.0. The lowest BCUT2D eigenvalue weighted by atomic mass is 9.47. The Bertz CT molecular complexity index is 1300. The van der Waals surface area contributed by atoms with E-state index in [1.807, 2.05) is 36.5 Å². The van der Waals surface area contributed by atoms with Crippen molar-refractivity contribution in [2.45, 2.75) is 144 Å². The lowest BCUT2D eigenvalue weighted by Gasteiger charge is -2.58. The zero-order valence-corrected chi connectivity index (χ0v) is 33.0. The van der Waals surface area contributed by atoms with Crippen molar-refractivity contribution in [1.82, 2.24) is 0 Å². The van der Waals surface area contributed by atoms with Crippen molar-refractivity contribution in [3.05, 3.63) is 96.7 Å². The Morgan fingerprint density at radius 1 is 0.800 bits per heavy atom. The number of esters is 1. The number of unbranched alkanes of at least 4 members (excludes halogenated alkanes) is 3. The van der Waals surface area contributed by atoms with Gasteiger partial charge in [-0.25, -0.2) is 0 Å². The second kappa shape index (κ2) is 19.8. The highest BCUT2D eigenvalue weighted by Gasteiger charge is 2.59. The lowest BCUT2D eigenvalue weighted by Crippen LogP contribution is -2.51. The fourth-order valence-electron chi connectivity index (χ4n) is 10.2. The first-order valence-corrected chi connectivity index (χ1v) is 20.7. The van der Waals surface area contributed by atoms with Gasteiger partial charge in [-0.2, -0.15) is 0 Å². The Morgan fingerprint density at radius 3 is 2.16 bits per heavy atom. The highest BCUT2D eigenvalue weighted by Crippen LogP contribution is 2.67. The van der Waals surface area contributed by atoms with Gasteiger partial charge in [-0.1, -0.05) is 152 Å². The first kappa shape index (κ1) is 40.2. The maximum absolute atomic E-state index is 12.8. The van der Waals surface area contributed by atoms with Crippen molar-refractivity contribution < 1.29 is 9.53 Å². The lowest BCUT2D eigenvalue weighted by molar-refractivity contribution is -0.151. The largest absolute Gasteiger partial charge is 0.462 e. The van der Waals surface area contributed by atoms with Crippen LogP contribution in [0.4, 0.5) is 0 Å². The van der Waals surface area contributed by atoms with Crippen LogP contribution < -0.4 is 0 Å². The van der Waals surface area contributed by atoms with Crippen LogP contribution in [-0.4, -0.2) is 12.1 Å². The molecule has 2 nitrogen and oxygen atoms in total. The van der Waals surface area contributed by atoms with Crippen molar-refractivity contribution in [1.29, 1.82) is 0 Å². The van der Waals surface area contributed by atoms with Crippen molar-refractivity contribution in [2.24, 2.45) is 52.3 Å². The molecule has 0 heterocycles. The minimum atomic E-state index is 0.0107. The molecule has 9 unspecified atom stereocenters. The van der Waals surface area contributed by atoms with Crippen LogP contribution in [0.5, 0.6) is 0 Å². The second-order valence-corrected chi connectivity index (χ2v) is 17.1. The maximum Gasteiger partial charge on any atom is 0.306 e. The smallest absolute Gasteiger partial charge is 0.306 e. The number of carbonyl (C=O) groups is 1. The van der Waals surface area contributed by atoms with Gasteiger partial charge < -0.3 is 4.74 Å². The molecule has 3 fully saturated rings. The van der Waals surface area contributed by atoms with Gasteiger partial charge in [0.15, 0.2) is 0 Å². The molecule has 3 saturated carbocycles. The molecule has 0 saturated heterocycles. The van der Waals surface area contributed by atoms with E-state index in [1.54, 1.807) is 5.57 Å². The van der Waals surface area contributed by atoms with Gasteiger partial charge in [-0.3, -0.25) is 4.79 Å². The van der Waals surface area contributed by atoms with Gasteiger partial charge in [0, 0.05) is 12.8 Å². The third-order valence-corrected chi connectivity index (χ3v) is 13.6. The first-order chi connectivity index (χ1) is 24.1. The number of allylic oxidation sites excluding steroid dienone is 15. The van der Waals surface area contributed by atoms with Crippen molar-refractivity contribution in [2.75, 3.05) is 0 Å². The molecule has 0 amide bonds. The maximum atomic E-state index is 12.8. The van der Waals surface area contributed by atoms with Crippen LogP contribution >= 0.6 is 0 Å². The quantitative estimate of drug-likeness (QED) is 0.0661. The van der Waals surface area contributed by atoms with E-state index in [4.69, 9.17) is 4.74 Å². The van der Waals surface area contributed by atoms with E-state index in [-0.39, 0.29) is 12.1 Å². The van der Waals surface area contributed by atoms with Crippen LogP contribution in [0.2, 0.25) is 0 Å². The first-order valence-electron chi connectivity index (χ1n) is 20.7. The van der Waals surface area contributed by atoms with E-state index >= 15 is 0 Å². The predicted octanol–water partition coefficient (Wildman–Crippen LogP) is 13.7. The molecule has 4 aliphatic rings. The summed E-state index contributed by atoms with van der Waals surface area (Å²) in [6, 6.07) is 0. The monoisotopic (exact) mass is 681 g/mol. The van der Waals surface area contributed by atoms with Crippen LogP contribution in [0.1, 0.15) is 138 Å². The van der Waals surface area contributed by atoms with Gasteiger partial charge in [0.1, 0.15) is 6.10 Å². The number of fused-ring (bicyclic) bond motifs is 5. The molecule has 0 radical (unpaired) electrons. The molecule has 0 aromatic heterocycles. The summed E-state index contributed by atoms with van der Waals surface area (Å²) in [4.78, 5) is 12.8. The molecular weight excluding hydrogens is 609 g/mol. The summed E-state index contributed by atoms with van der Waals surface area (Å²) in [5.41, 5.74) is 2.38. The Balaban J connectivity index is 1.15. The zero-order chi connectivity index (χ0) is 36.0. The molecule has 4 rings (SSSR count). The molecule has 2 heteroatoms. The van der Waals surface area contributed by atoms with Gasteiger partial charge >= 0.3 is 5.97 Å². The van der Waals surface area contributed by atoms with Crippen LogP contribution in [0.3, 0.4) is 0 Å². The van der Waals surface area contributed by atoms with Gasteiger partial charge in [0.05, 0.1) is 0 Å². The number of carbonyl (C=O) groups excluding carboxylic acids is 1. The standard InChI is InChI=1S/C48H72O2/c1-8-9-10-11-12-13-14-15-16-17-18-19-20-21-22-23-24-25-46(49)50-41-32-34-47(6)40(36-41)28-29-42-44-31-30-43(48(44,7)35-33-45(42)47)39(5)27-26-38(4)37(2)3/h9-20,26-28,37-39,41-45H,8,21-25,29-36H2,1-7H3/b10-9-,12-11+,14-13+,16-15-,18-17+,20-19+,27-26+. The molecule has 4 aliphatic carbocycles. The van der Waals surface area contributed by atoms with Crippen LogP contribution in [0, 0.1) is 52.3 Å². The number of hydrogen-bond acceptors (Lipinski definition) is 2. The fourth-order valence-corrected chi connectivity index (χ4v) is 10.2. The molecule has 50 heavy (non-hydrogen) atoms. The summed E-state index contributed by atoms with van der Waals surface area (Å²) < 4.78 is 6.10. The molecule has 0 spiro atoms. The molecule has 0 N–H and O–H groups in total. The summed E-state index contributed by atoms with van der Waals surface area (Å²) in [5.74, 6) is 5.35. The molecule has 0 aliphatic heterocycles. The van der Waals surface area contributed by atoms with Gasteiger partial charge in [-0.05, 0) is 123 Å². The third kappa shape index (κ3) is 10.7. The summed E-state index contributed by atoms with van der Waals surface area (Å²) in [7, 11) is 0. The van der Waals surface area contributed by atoms with E-state index in [9.17, 15) is 4.79 Å². The number of hydrogen-bond donors (Lipinski definition) is 0. The normalized spacial score (nSPS) is 33.0. The summed E-state index contributed by atoms with van der Waals surface area (Å²) in [5, 5.41) is 0. The topological polar surface area (TPSA) is 26.3 Å². The Hall–Kier alpha value is -2.61. The molecule has 0 aromatic carbocycles. The summed E-state index contributed by atoms with van der Waals surface area (Å²) >= 11 is 0. The van der Waals surface area contributed by atoms with Crippen molar-refractivity contribution in [3.8, 4) is 0 Å². The van der Waals surface area contributed by atoms with Gasteiger partial charge in [0.25, 0.3) is 0 Å². The predicted molar refractivity (Wildman–Crippen MR) is 216 cm³/mol. The van der Waals surface area contributed by atoms with E-state index in [0.29, 0.717) is 35.0 Å². The minimum Gasteiger partial charge on any atom is -0.462 e. The molecule has 0 bridgehead atoms. The number of ether oxygens (including phenoxy) is 1. The third-order valence-electron chi connectivity index (χ3n) is 13.6. The van der Waals surface area contributed by atoms with Crippen LogP contribution in [0.25, 0.3) is 0 Å². The Labute approximate surface area is 308 Å². The highest BCUT2D eigenvalue weighted by atomic mass is 16.5. The van der Waals surface area contributed by atoms with E-state index in [1.165, 1.54) is 38.5 Å². The summed E-state index contributed by atoms with van der Waals surface area (Å²) in [6.45, 7) is 16.9. The van der Waals surface area contributed by atoms with E-state index < -0.39 is 0 Å². The van der Waals surface area contributed by atoms with Crippen LogP contribution in [-0.2, 0) is 9.53 Å². The van der Waals surface area contributed by atoms with Crippen LogP contribution in [0.15, 0.2) is 96.7 Å². The van der Waals surface area contributed by atoms with Gasteiger partial charge in [-0.15, -0.1) is 0 Å². The van der Waals surface area contributed by atoms with Gasteiger partial charge in [0.2, 0.25) is 0 Å². The molecule has 0 aromatic rings. The Kier molecular flexibility index (Phi) is 15.9. The minimum absolute atomic E-state index is 0.0107. The van der Waals surface area contributed by atoms with Crippen molar-refractivity contribution >= 4 is 5.97 Å². The highest BCUT2D eigenvalue weighted by molar-refractivity contribution is 5.69. The molecular formula is C48H72O2. The SMILES string of the molecule is CC\C=C/C=C/C=C/C=C\C=C\C=C\CCCCCC(=O)OC1CCC2(C)C(=CCC3C2CCC2(C)C(C(C)/C=C/C(C)C(C)C)CCC32)C1. The van der Waals surface area contributed by atoms with Crippen molar-refractivity contribution in [3.63, 3.8) is 0 Å². The second-order valence-electron chi connectivity index (χ2n) is 17.1. The fraction of sp³-hybridized carbons (Fsp3) is 0.646. The average Bonchev–Trinajstić information content (AvgIpc) is 3.45. The van der Waals surface area contributed by atoms with E-state index in [0.717, 1.165) is 68.6 Å². The molecule has 276 valence electrons. The number of rotatable bonds is 17. The Morgan fingerprint density at radius 2 is 1.48 bits per heavy atom. The average molecular weight is 681 g/mol.